The number of carbonyl (C=O) groups is 2. The first-order valence-electron chi connectivity index (χ1n) is 15.1. The van der Waals surface area contributed by atoms with E-state index in [0.29, 0.717) is 82.8 Å². The third-order valence-electron chi connectivity index (χ3n) is 7.71. The molecule has 1 aromatic rings. The Morgan fingerprint density at radius 1 is 1.19 bits per heavy atom. The number of nitrogens with two attached hydrogens (primary N) is 2. The van der Waals surface area contributed by atoms with E-state index >= 15 is 0 Å². The van der Waals surface area contributed by atoms with E-state index in [-0.39, 0.29) is 29.2 Å². The SMILES string of the molecule is CCOC(=O)CCCOCCC1CCN(C(=O)[C@H](CCCN=C(N)N)NS(=O)(=O)c2cccc3c2NCC(C)C3)CC1. The molecule has 236 valence electrons. The number of amides is 1. The molecule has 0 aromatic heterocycles. The molecular weight excluding hydrogens is 560 g/mol. The summed E-state index contributed by atoms with van der Waals surface area (Å²) >= 11 is 0. The van der Waals surface area contributed by atoms with Crippen LogP contribution in [0.4, 0.5) is 5.69 Å². The average Bonchev–Trinajstić information content (AvgIpc) is 2.96. The number of hydrogen-bond acceptors (Lipinski definition) is 8. The second kappa shape index (κ2) is 16.7. The minimum atomic E-state index is -3.99. The highest BCUT2D eigenvalue weighted by Gasteiger charge is 2.33. The molecule has 12 nitrogen and oxygen atoms in total. The zero-order valence-electron chi connectivity index (χ0n) is 25.0. The Morgan fingerprint density at radius 2 is 1.95 bits per heavy atom. The van der Waals surface area contributed by atoms with Crippen LogP contribution in [0.15, 0.2) is 28.1 Å². The van der Waals surface area contributed by atoms with Crippen LogP contribution in [-0.4, -0.2) is 83.2 Å². The van der Waals surface area contributed by atoms with Crippen molar-refractivity contribution in [1.29, 1.82) is 0 Å². The zero-order chi connectivity index (χ0) is 30.5. The smallest absolute Gasteiger partial charge is 0.305 e. The molecule has 3 rings (SSSR count). The lowest BCUT2D eigenvalue weighted by atomic mass is 9.93. The van der Waals surface area contributed by atoms with E-state index in [1.165, 1.54) is 0 Å². The molecule has 13 heteroatoms. The van der Waals surface area contributed by atoms with Gasteiger partial charge in [0.2, 0.25) is 15.9 Å². The molecule has 1 saturated heterocycles. The van der Waals surface area contributed by atoms with Crippen LogP contribution >= 0.6 is 0 Å². The summed E-state index contributed by atoms with van der Waals surface area (Å²) in [6, 6.07) is 4.34. The molecule has 0 spiro atoms. The van der Waals surface area contributed by atoms with Crippen LogP contribution in [0.25, 0.3) is 0 Å². The number of fused-ring (bicyclic) bond motifs is 1. The first-order valence-corrected chi connectivity index (χ1v) is 16.5. The summed E-state index contributed by atoms with van der Waals surface area (Å²) in [6.07, 6.45) is 5.01. The number of piperidine rings is 1. The monoisotopic (exact) mass is 608 g/mol. The summed E-state index contributed by atoms with van der Waals surface area (Å²) in [6.45, 7) is 7.50. The molecular formula is C29H48N6O6S. The molecule has 1 unspecified atom stereocenters. The van der Waals surface area contributed by atoms with Crippen molar-refractivity contribution in [1.82, 2.24) is 9.62 Å². The van der Waals surface area contributed by atoms with Crippen molar-refractivity contribution < 1.29 is 27.5 Å². The van der Waals surface area contributed by atoms with Crippen molar-refractivity contribution in [2.24, 2.45) is 28.3 Å². The molecule has 2 atom stereocenters. The zero-order valence-corrected chi connectivity index (χ0v) is 25.8. The molecule has 1 aromatic carbocycles. The first-order chi connectivity index (χ1) is 20.1. The highest BCUT2D eigenvalue weighted by atomic mass is 32.2. The van der Waals surface area contributed by atoms with Gasteiger partial charge in [0.1, 0.15) is 10.9 Å². The van der Waals surface area contributed by atoms with Gasteiger partial charge in [0, 0.05) is 45.8 Å². The Balaban J connectivity index is 1.56. The highest BCUT2D eigenvalue weighted by molar-refractivity contribution is 7.89. The number of rotatable bonds is 16. The molecule has 0 aliphatic carbocycles. The molecule has 0 saturated carbocycles. The lowest BCUT2D eigenvalue weighted by Gasteiger charge is -2.34. The number of carbonyl (C=O) groups excluding carboxylic acids is 2. The van der Waals surface area contributed by atoms with Gasteiger partial charge in [-0.25, -0.2) is 8.42 Å². The molecule has 0 radical (unpaired) electrons. The summed E-state index contributed by atoms with van der Waals surface area (Å²) in [4.78, 5) is 31.0. The summed E-state index contributed by atoms with van der Waals surface area (Å²) in [5.41, 5.74) is 12.4. The Kier molecular flexibility index (Phi) is 13.3. The first kappa shape index (κ1) is 33.6. The van der Waals surface area contributed by atoms with Crippen LogP contribution in [0.5, 0.6) is 0 Å². The maximum atomic E-state index is 13.6. The van der Waals surface area contributed by atoms with E-state index in [1.54, 1.807) is 24.0 Å². The maximum Gasteiger partial charge on any atom is 0.305 e. The van der Waals surface area contributed by atoms with Crippen molar-refractivity contribution in [3.8, 4) is 0 Å². The number of para-hydroxylation sites is 1. The molecule has 2 aliphatic heterocycles. The Labute approximate surface area is 250 Å². The van der Waals surface area contributed by atoms with Gasteiger partial charge in [-0.3, -0.25) is 14.6 Å². The second-order valence-electron chi connectivity index (χ2n) is 11.2. The molecule has 6 N–H and O–H groups in total. The fraction of sp³-hybridized carbons (Fsp3) is 0.690. The fourth-order valence-electron chi connectivity index (χ4n) is 5.45. The number of aliphatic imine (C=N–C) groups is 1. The van der Waals surface area contributed by atoms with Gasteiger partial charge in [0.05, 0.1) is 12.3 Å². The van der Waals surface area contributed by atoms with Crippen LogP contribution in [0.1, 0.15) is 64.4 Å². The number of nitrogens with zero attached hydrogens (tertiary/aromatic N) is 2. The topological polar surface area (TPSA) is 178 Å². The van der Waals surface area contributed by atoms with E-state index in [2.05, 4.69) is 22.0 Å². The van der Waals surface area contributed by atoms with Gasteiger partial charge in [-0.2, -0.15) is 4.72 Å². The lowest BCUT2D eigenvalue weighted by molar-refractivity contribution is -0.143. The molecule has 2 aliphatic rings. The van der Waals surface area contributed by atoms with Crippen LogP contribution in [0, 0.1) is 11.8 Å². The van der Waals surface area contributed by atoms with E-state index in [9.17, 15) is 18.0 Å². The summed E-state index contributed by atoms with van der Waals surface area (Å²) in [5, 5.41) is 3.27. The van der Waals surface area contributed by atoms with E-state index in [4.69, 9.17) is 20.9 Å². The normalized spacial score (nSPS) is 18.0. The van der Waals surface area contributed by atoms with Crippen molar-refractivity contribution >= 4 is 33.5 Å². The highest BCUT2D eigenvalue weighted by Crippen LogP contribution is 2.31. The van der Waals surface area contributed by atoms with Gasteiger partial charge in [0.25, 0.3) is 0 Å². The number of hydrogen-bond donors (Lipinski definition) is 4. The molecule has 2 heterocycles. The Morgan fingerprint density at radius 3 is 2.67 bits per heavy atom. The average molecular weight is 609 g/mol. The predicted molar refractivity (Wildman–Crippen MR) is 162 cm³/mol. The molecule has 42 heavy (non-hydrogen) atoms. The number of ether oxygens (including phenoxy) is 2. The van der Waals surface area contributed by atoms with Gasteiger partial charge in [-0.15, -0.1) is 0 Å². The van der Waals surface area contributed by atoms with Gasteiger partial charge in [-0.05, 0) is 75.3 Å². The molecule has 1 fully saturated rings. The van der Waals surface area contributed by atoms with Crippen LogP contribution in [-0.2, 0) is 35.5 Å². The summed E-state index contributed by atoms with van der Waals surface area (Å²) in [5.74, 6) is 0.340. The number of anilines is 1. The minimum Gasteiger partial charge on any atom is -0.466 e. The molecule has 0 bridgehead atoms. The third-order valence-corrected chi connectivity index (χ3v) is 9.22. The number of guanidine groups is 1. The van der Waals surface area contributed by atoms with Crippen LogP contribution in [0.2, 0.25) is 0 Å². The minimum absolute atomic E-state index is 0.0419. The Hall–Kier alpha value is -2.90. The summed E-state index contributed by atoms with van der Waals surface area (Å²) < 4.78 is 40.5. The van der Waals surface area contributed by atoms with Crippen molar-refractivity contribution in [2.45, 2.75) is 76.2 Å². The van der Waals surface area contributed by atoms with E-state index in [0.717, 1.165) is 31.2 Å². The van der Waals surface area contributed by atoms with Crippen molar-refractivity contribution in [2.75, 3.05) is 51.3 Å². The number of nitrogens with one attached hydrogen (secondary N) is 2. The number of esters is 1. The van der Waals surface area contributed by atoms with Crippen LogP contribution < -0.4 is 21.5 Å². The van der Waals surface area contributed by atoms with Gasteiger partial charge in [-0.1, -0.05) is 19.1 Å². The van der Waals surface area contributed by atoms with Crippen LogP contribution in [0.3, 0.4) is 0 Å². The van der Waals surface area contributed by atoms with E-state index in [1.807, 2.05) is 6.07 Å². The standard InChI is InChI=1S/C29H48N6O6S/c1-3-41-26(36)10-6-17-40-18-13-22-11-15-35(16-12-22)28(37)24(8-5-14-32-29(30)31)34-42(38,39)25-9-4-7-23-19-21(2)20-33-27(23)25/h4,7,9,21-22,24,33-34H,3,5-6,8,10-20H2,1-2H3,(H4,30,31,32)/t21?,24-/m0/s1. The third kappa shape index (κ3) is 10.4. The van der Waals surface area contributed by atoms with Gasteiger partial charge < -0.3 is 31.2 Å². The largest absolute Gasteiger partial charge is 0.466 e. The van der Waals surface area contributed by atoms with E-state index < -0.39 is 16.1 Å². The van der Waals surface area contributed by atoms with Gasteiger partial charge >= 0.3 is 5.97 Å². The second-order valence-corrected chi connectivity index (χ2v) is 12.9. The predicted octanol–water partition coefficient (Wildman–Crippen LogP) is 1.98. The maximum absolute atomic E-state index is 13.6. The quantitative estimate of drug-likeness (QED) is 0.0945. The summed E-state index contributed by atoms with van der Waals surface area (Å²) in [7, 11) is -3.99. The van der Waals surface area contributed by atoms with Gasteiger partial charge in [0.15, 0.2) is 5.96 Å². The fourth-order valence-corrected chi connectivity index (χ4v) is 6.90. The van der Waals surface area contributed by atoms with Crippen molar-refractivity contribution in [3.63, 3.8) is 0 Å². The van der Waals surface area contributed by atoms with Crippen molar-refractivity contribution in [3.05, 3.63) is 23.8 Å². The molecule has 1 amide bonds. The Bertz CT molecular complexity index is 1170. The number of sulfonamides is 1. The lowest BCUT2D eigenvalue weighted by Crippen LogP contribution is -2.50. The number of likely N-dealkylation sites (tertiary alicyclic amines) is 1. The number of benzene rings is 1.